The van der Waals surface area contributed by atoms with Gasteiger partial charge in [-0.3, -0.25) is 13.9 Å². The van der Waals surface area contributed by atoms with Crippen LogP contribution in [0.1, 0.15) is 51.5 Å². The van der Waals surface area contributed by atoms with E-state index >= 15 is 0 Å². The van der Waals surface area contributed by atoms with E-state index in [-0.39, 0.29) is 29.1 Å². The minimum atomic E-state index is -4.30. The molecule has 1 aliphatic carbocycles. The predicted molar refractivity (Wildman–Crippen MR) is 165 cm³/mol. The fourth-order valence-electron chi connectivity index (χ4n) is 5.10. The Hall–Kier alpha value is -3.63. The Morgan fingerprint density at radius 1 is 1.00 bits per heavy atom. The molecule has 8 nitrogen and oxygen atoms in total. The molecule has 0 spiro atoms. The van der Waals surface area contributed by atoms with Gasteiger partial charge >= 0.3 is 0 Å². The third kappa shape index (κ3) is 8.26. The standard InChI is InChI=1S/C32H37ClFN3O5S/c1-3-42-28-17-19-29(20-18-28)43(40,41)37(27-15-13-25(34)14-16-27)22-31(38)36(21-24-9-7-8-12-30(24)33)23(2)32(39)35-26-10-5-4-6-11-26/h7-9,12-20,23,26H,3-6,10-11,21-22H2,1-2H3,(H,35,39). The first-order valence-corrected chi connectivity index (χ1v) is 16.3. The van der Waals surface area contributed by atoms with E-state index in [4.69, 9.17) is 16.3 Å². The van der Waals surface area contributed by atoms with Crippen molar-refractivity contribution >= 4 is 39.1 Å². The van der Waals surface area contributed by atoms with Gasteiger partial charge in [-0.05, 0) is 86.8 Å². The topological polar surface area (TPSA) is 96.0 Å². The third-order valence-electron chi connectivity index (χ3n) is 7.53. The molecule has 230 valence electrons. The van der Waals surface area contributed by atoms with Crippen molar-refractivity contribution in [3.8, 4) is 5.75 Å². The first-order chi connectivity index (χ1) is 20.6. The number of benzene rings is 3. The zero-order chi connectivity index (χ0) is 31.0. The van der Waals surface area contributed by atoms with Crippen LogP contribution in [0.15, 0.2) is 77.7 Å². The van der Waals surface area contributed by atoms with Gasteiger partial charge in [0.25, 0.3) is 10.0 Å². The molecule has 0 bridgehead atoms. The average molecular weight is 630 g/mol. The lowest BCUT2D eigenvalue weighted by molar-refractivity contribution is -0.139. The molecule has 2 amide bonds. The van der Waals surface area contributed by atoms with Gasteiger partial charge in [-0.2, -0.15) is 0 Å². The molecule has 1 aliphatic rings. The average Bonchev–Trinajstić information content (AvgIpc) is 3.00. The van der Waals surface area contributed by atoms with Crippen LogP contribution in [0.3, 0.4) is 0 Å². The number of hydrogen-bond acceptors (Lipinski definition) is 5. The first-order valence-electron chi connectivity index (χ1n) is 14.4. The summed E-state index contributed by atoms with van der Waals surface area (Å²) >= 11 is 6.43. The second kappa shape index (κ2) is 14.7. The lowest BCUT2D eigenvalue weighted by Gasteiger charge is -2.33. The molecular formula is C32H37ClFN3O5S. The van der Waals surface area contributed by atoms with Crippen molar-refractivity contribution < 1.29 is 27.1 Å². The summed E-state index contributed by atoms with van der Waals surface area (Å²) in [5, 5.41) is 3.48. The van der Waals surface area contributed by atoms with Crippen LogP contribution in [0.25, 0.3) is 0 Å². The van der Waals surface area contributed by atoms with Gasteiger partial charge in [-0.25, -0.2) is 12.8 Å². The van der Waals surface area contributed by atoms with Crippen molar-refractivity contribution in [1.82, 2.24) is 10.2 Å². The SMILES string of the molecule is CCOc1ccc(S(=O)(=O)N(CC(=O)N(Cc2ccccc2Cl)C(C)C(=O)NC2CCCCC2)c2ccc(F)cc2)cc1. The van der Waals surface area contributed by atoms with E-state index in [1.54, 1.807) is 31.2 Å². The van der Waals surface area contributed by atoms with E-state index in [1.165, 1.54) is 41.3 Å². The number of amides is 2. The largest absolute Gasteiger partial charge is 0.494 e. The molecule has 1 unspecified atom stereocenters. The molecular weight excluding hydrogens is 593 g/mol. The molecule has 3 aromatic carbocycles. The Labute approximate surface area is 257 Å². The third-order valence-corrected chi connectivity index (χ3v) is 9.69. The molecule has 4 rings (SSSR count). The molecule has 0 aromatic heterocycles. The maximum atomic E-state index is 14.1. The molecule has 0 saturated heterocycles. The monoisotopic (exact) mass is 629 g/mol. The molecule has 1 atom stereocenters. The number of anilines is 1. The van der Waals surface area contributed by atoms with E-state index in [9.17, 15) is 22.4 Å². The predicted octanol–water partition coefficient (Wildman–Crippen LogP) is 5.94. The summed E-state index contributed by atoms with van der Waals surface area (Å²) in [5.74, 6) is -1.00. The summed E-state index contributed by atoms with van der Waals surface area (Å²) in [5.41, 5.74) is 0.707. The zero-order valence-corrected chi connectivity index (χ0v) is 25.9. The van der Waals surface area contributed by atoms with Crippen LogP contribution in [0.5, 0.6) is 5.75 Å². The molecule has 11 heteroatoms. The molecule has 3 aromatic rings. The minimum Gasteiger partial charge on any atom is -0.494 e. The Bertz CT molecular complexity index is 1500. The van der Waals surface area contributed by atoms with Crippen LogP contribution in [-0.4, -0.2) is 50.4 Å². The second-order valence-electron chi connectivity index (χ2n) is 10.5. The number of nitrogens with one attached hydrogen (secondary N) is 1. The van der Waals surface area contributed by atoms with Crippen molar-refractivity contribution in [2.75, 3.05) is 17.5 Å². The summed E-state index contributed by atoms with van der Waals surface area (Å²) in [6, 6.07) is 16.8. The number of halogens is 2. The van der Waals surface area contributed by atoms with Crippen LogP contribution in [0.2, 0.25) is 5.02 Å². The highest BCUT2D eigenvalue weighted by Crippen LogP contribution is 2.27. The van der Waals surface area contributed by atoms with E-state index < -0.39 is 34.3 Å². The van der Waals surface area contributed by atoms with Gasteiger partial charge in [0, 0.05) is 17.6 Å². The number of carbonyl (C=O) groups is 2. The maximum Gasteiger partial charge on any atom is 0.264 e. The lowest BCUT2D eigenvalue weighted by Crippen LogP contribution is -2.53. The number of hydrogen-bond donors (Lipinski definition) is 1. The van der Waals surface area contributed by atoms with Crippen molar-refractivity contribution in [3.63, 3.8) is 0 Å². The second-order valence-corrected chi connectivity index (χ2v) is 12.8. The van der Waals surface area contributed by atoms with Crippen molar-refractivity contribution in [2.24, 2.45) is 0 Å². The number of nitrogens with zero attached hydrogens (tertiary/aromatic N) is 2. The summed E-state index contributed by atoms with van der Waals surface area (Å²) in [6.45, 7) is 3.20. The van der Waals surface area contributed by atoms with Gasteiger partial charge in [0.1, 0.15) is 24.2 Å². The number of carbonyl (C=O) groups excluding carboxylic acids is 2. The van der Waals surface area contributed by atoms with Crippen LogP contribution in [-0.2, 0) is 26.2 Å². The van der Waals surface area contributed by atoms with E-state index in [1.807, 2.05) is 6.92 Å². The Balaban J connectivity index is 1.67. The molecule has 0 heterocycles. The van der Waals surface area contributed by atoms with Crippen LogP contribution >= 0.6 is 11.6 Å². The first kappa shape index (κ1) is 32.3. The van der Waals surface area contributed by atoms with Gasteiger partial charge in [0.05, 0.1) is 17.2 Å². The van der Waals surface area contributed by atoms with E-state index in [2.05, 4.69) is 5.32 Å². The summed E-state index contributed by atoms with van der Waals surface area (Å²) < 4.78 is 48.1. The molecule has 1 saturated carbocycles. The van der Waals surface area contributed by atoms with Crippen LogP contribution in [0.4, 0.5) is 10.1 Å². The van der Waals surface area contributed by atoms with Crippen molar-refractivity contribution in [2.45, 2.75) is 69.5 Å². The van der Waals surface area contributed by atoms with E-state index in [0.717, 1.165) is 48.5 Å². The highest BCUT2D eigenvalue weighted by molar-refractivity contribution is 7.92. The van der Waals surface area contributed by atoms with Gasteiger partial charge < -0.3 is 15.0 Å². The summed E-state index contributed by atoms with van der Waals surface area (Å²) in [7, 11) is -4.30. The maximum absolute atomic E-state index is 14.1. The summed E-state index contributed by atoms with van der Waals surface area (Å²) in [6.07, 6.45) is 4.92. The molecule has 0 aliphatic heterocycles. The zero-order valence-electron chi connectivity index (χ0n) is 24.3. The highest BCUT2D eigenvalue weighted by atomic mass is 35.5. The Morgan fingerprint density at radius 3 is 2.28 bits per heavy atom. The molecule has 1 N–H and O–H groups in total. The lowest BCUT2D eigenvalue weighted by atomic mass is 9.95. The Kier molecular flexibility index (Phi) is 11.0. The fraction of sp³-hybridized carbons (Fsp3) is 0.375. The van der Waals surface area contributed by atoms with Crippen molar-refractivity contribution in [1.29, 1.82) is 0 Å². The smallest absolute Gasteiger partial charge is 0.264 e. The van der Waals surface area contributed by atoms with Crippen molar-refractivity contribution in [3.05, 3.63) is 89.2 Å². The molecule has 43 heavy (non-hydrogen) atoms. The normalized spacial score (nSPS) is 14.5. The number of sulfonamides is 1. The fourth-order valence-corrected chi connectivity index (χ4v) is 6.71. The number of ether oxygens (including phenoxy) is 1. The molecule has 1 fully saturated rings. The highest BCUT2D eigenvalue weighted by Gasteiger charge is 2.33. The molecule has 0 radical (unpaired) electrons. The van der Waals surface area contributed by atoms with Gasteiger partial charge in [-0.1, -0.05) is 49.1 Å². The Morgan fingerprint density at radius 2 is 1.65 bits per heavy atom. The summed E-state index contributed by atoms with van der Waals surface area (Å²) in [4.78, 5) is 28.7. The minimum absolute atomic E-state index is 0.0158. The van der Waals surface area contributed by atoms with E-state index in [0.29, 0.717) is 22.9 Å². The van der Waals surface area contributed by atoms with Crippen LogP contribution < -0.4 is 14.4 Å². The number of rotatable bonds is 12. The quantitative estimate of drug-likeness (QED) is 0.268. The van der Waals surface area contributed by atoms with Gasteiger partial charge in [-0.15, -0.1) is 0 Å². The van der Waals surface area contributed by atoms with Gasteiger partial charge in [0.2, 0.25) is 11.8 Å². The van der Waals surface area contributed by atoms with Crippen LogP contribution in [0, 0.1) is 5.82 Å². The van der Waals surface area contributed by atoms with Gasteiger partial charge in [0.15, 0.2) is 0 Å².